The number of amides is 4. The number of nitrogens with one attached hydrogen (secondary N) is 1. The van der Waals surface area contributed by atoms with E-state index in [2.05, 4.69) is 5.32 Å². The van der Waals surface area contributed by atoms with E-state index in [1.807, 2.05) is 0 Å². The summed E-state index contributed by atoms with van der Waals surface area (Å²) in [6, 6.07) is 6.39. The van der Waals surface area contributed by atoms with Crippen molar-refractivity contribution < 1.29 is 14.4 Å². The number of thioether (sulfide) groups is 1. The topological polar surface area (TPSA) is 69.7 Å². The van der Waals surface area contributed by atoms with Gasteiger partial charge in [-0.3, -0.25) is 14.5 Å². The SMILES string of the molecule is O=C(Nc1cccc(Cl)c1)N1CC(N2C(=O)CSC2=O)C1. The third kappa shape index (κ3) is 2.84. The molecule has 8 heteroatoms. The Morgan fingerprint density at radius 2 is 2.10 bits per heavy atom. The lowest BCUT2D eigenvalue weighted by molar-refractivity contribution is -0.128. The lowest BCUT2D eigenvalue weighted by Gasteiger charge is -2.42. The summed E-state index contributed by atoms with van der Waals surface area (Å²) in [7, 11) is 0. The minimum absolute atomic E-state index is 0.176. The Hall–Kier alpha value is -1.73. The van der Waals surface area contributed by atoms with Gasteiger partial charge in [0, 0.05) is 23.8 Å². The van der Waals surface area contributed by atoms with E-state index in [1.54, 1.807) is 29.2 Å². The van der Waals surface area contributed by atoms with Gasteiger partial charge in [0.2, 0.25) is 5.91 Å². The first kappa shape index (κ1) is 14.2. The Kier molecular flexibility index (Phi) is 3.77. The molecule has 2 fully saturated rings. The van der Waals surface area contributed by atoms with Gasteiger partial charge in [0.25, 0.3) is 5.24 Å². The van der Waals surface area contributed by atoms with E-state index in [9.17, 15) is 14.4 Å². The molecule has 2 heterocycles. The monoisotopic (exact) mass is 325 g/mol. The number of likely N-dealkylation sites (tertiary alicyclic amines) is 1. The van der Waals surface area contributed by atoms with Crippen LogP contribution < -0.4 is 5.32 Å². The fourth-order valence-corrected chi connectivity index (χ4v) is 3.24. The van der Waals surface area contributed by atoms with Crippen molar-refractivity contribution in [2.45, 2.75) is 6.04 Å². The van der Waals surface area contributed by atoms with Gasteiger partial charge in [-0.05, 0) is 18.2 Å². The standard InChI is InChI=1S/C13H12ClN3O3S/c14-8-2-1-3-9(4-8)15-12(19)16-5-10(6-16)17-11(18)7-21-13(17)20/h1-4,10H,5-7H2,(H,15,19). The highest BCUT2D eigenvalue weighted by Crippen LogP contribution is 2.26. The summed E-state index contributed by atoms with van der Waals surface area (Å²) < 4.78 is 0. The molecule has 0 unspecified atom stereocenters. The van der Waals surface area contributed by atoms with Gasteiger partial charge < -0.3 is 10.2 Å². The minimum Gasteiger partial charge on any atom is -0.320 e. The van der Waals surface area contributed by atoms with Crippen LogP contribution in [0.1, 0.15) is 0 Å². The van der Waals surface area contributed by atoms with Crippen molar-refractivity contribution in [3.63, 3.8) is 0 Å². The lowest BCUT2D eigenvalue weighted by atomic mass is 10.1. The molecular weight excluding hydrogens is 314 g/mol. The molecule has 110 valence electrons. The van der Waals surface area contributed by atoms with Crippen molar-refractivity contribution in [3.05, 3.63) is 29.3 Å². The number of urea groups is 1. The van der Waals surface area contributed by atoms with E-state index in [4.69, 9.17) is 11.6 Å². The Morgan fingerprint density at radius 3 is 2.71 bits per heavy atom. The van der Waals surface area contributed by atoms with E-state index in [1.165, 1.54) is 4.90 Å². The number of nitrogens with zero attached hydrogens (tertiary/aromatic N) is 2. The van der Waals surface area contributed by atoms with Gasteiger partial charge in [-0.2, -0.15) is 0 Å². The maximum Gasteiger partial charge on any atom is 0.321 e. The molecule has 6 nitrogen and oxygen atoms in total. The number of halogens is 1. The first-order chi connectivity index (χ1) is 10.0. The van der Waals surface area contributed by atoms with E-state index in [0.717, 1.165) is 11.8 Å². The third-order valence-electron chi connectivity index (χ3n) is 3.38. The molecule has 2 saturated heterocycles. The average molecular weight is 326 g/mol. The quantitative estimate of drug-likeness (QED) is 0.905. The highest BCUT2D eigenvalue weighted by atomic mass is 35.5. The highest BCUT2D eigenvalue weighted by molar-refractivity contribution is 8.14. The molecular formula is C13H12ClN3O3S. The minimum atomic E-state index is -0.264. The number of benzene rings is 1. The molecule has 1 aromatic rings. The summed E-state index contributed by atoms with van der Waals surface area (Å²) in [5.74, 6) is 0.0224. The predicted molar refractivity (Wildman–Crippen MR) is 80.5 cm³/mol. The van der Waals surface area contributed by atoms with Crippen LogP contribution in [0.3, 0.4) is 0 Å². The van der Waals surface area contributed by atoms with Crippen LogP contribution in [0.25, 0.3) is 0 Å². The summed E-state index contributed by atoms with van der Waals surface area (Å²) >= 11 is 6.86. The molecule has 0 aliphatic carbocycles. The summed E-state index contributed by atoms with van der Waals surface area (Å²) in [5.41, 5.74) is 0.611. The van der Waals surface area contributed by atoms with Crippen LogP contribution in [0.5, 0.6) is 0 Å². The van der Waals surface area contributed by atoms with Crippen LogP contribution >= 0.6 is 23.4 Å². The molecule has 1 aromatic carbocycles. The van der Waals surface area contributed by atoms with E-state index in [-0.39, 0.29) is 29.0 Å². The smallest absolute Gasteiger partial charge is 0.320 e. The van der Waals surface area contributed by atoms with Crippen LogP contribution in [-0.2, 0) is 4.79 Å². The van der Waals surface area contributed by atoms with Crippen LogP contribution in [0.15, 0.2) is 24.3 Å². The normalized spacial score (nSPS) is 18.9. The second-order valence-electron chi connectivity index (χ2n) is 4.82. The second-order valence-corrected chi connectivity index (χ2v) is 6.18. The Bertz CT molecular complexity index is 602. The summed E-state index contributed by atoms with van der Waals surface area (Å²) in [5, 5.41) is 3.05. The van der Waals surface area contributed by atoms with Gasteiger partial charge in [0.1, 0.15) is 0 Å². The molecule has 0 saturated carbocycles. The van der Waals surface area contributed by atoms with Gasteiger partial charge >= 0.3 is 6.03 Å². The highest BCUT2D eigenvalue weighted by Gasteiger charge is 2.43. The van der Waals surface area contributed by atoms with E-state index in [0.29, 0.717) is 23.8 Å². The zero-order valence-electron chi connectivity index (χ0n) is 10.9. The van der Waals surface area contributed by atoms with Crippen LogP contribution in [0.2, 0.25) is 5.02 Å². The number of hydrogen-bond acceptors (Lipinski definition) is 4. The van der Waals surface area contributed by atoms with Gasteiger partial charge in [-0.15, -0.1) is 0 Å². The maximum absolute atomic E-state index is 12.0. The number of imide groups is 1. The van der Waals surface area contributed by atoms with Gasteiger partial charge in [-0.25, -0.2) is 4.79 Å². The fourth-order valence-electron chi connectivity index (χ4n) is 2.27. The molecule has 2 aliphatic rings. The third-order valence-corrected chi connectivity index (χ3v) is 4.45. The Labute approximate surface area is 130 Å². The van der Waals surface area contributed by atoms with Gasteiger partial charge in [-0.1, -0.05) is 29.4 Å². The van der Waals surface area contributed by atoms with Gasteiger partial charge in [0.15, 0.2) is 0 Å². The first-order valence-electron chi connectivity index (χ1n) is 6.35. The van der Waals surface area contributed by atoms with Crippen molar-refractivity contribution in [3.8, 4) is 0 Å². The molecule has 0 bridgehead atoms. The maximum atomic E-state index is 12.0. The lowest BCUT2D eigenvalue weighted by Crippen LogP contribution is -2.62. The van der Waals surface area contributed by atoms with Crippen molar-refractivity contribution in [1.82, 2.24) is 9.80 Å². The van der Waals surface area contributed by atoms with Crippen molar-refractivity contribution in [2.24, 2.45) is 0 Å². The molecule has 4 amide bonds. The zero-order valence-corrected chi connectivity index (χ0v) is 12.5. The first-order valence-corrected chi connectivity index (χ1v) is 7.71. The molecule has 2 aliphatic heterocycles. The van der Waals surface area contributed by atoms with Crippen LogP contribution in [0, 0.1) is 0 Å². The fraction of sp³-hybridized carbons (Fsp3) is 0.308. The summed E-state index contributed by atoms with van der Waals surface area (Å²) in [6.07, 6.45) is 0. The second kappa shape index (κ2) is 5.57. The van der Waals surface area contributed by atoms with Crippen molar-refractivity contribution >= 4 is 46.2 Å². The zero-order chi connectivity index (χ0) is 15.0. The number of anilines is 1. The van der Waals surface area contributed by atoms with Crippen molar-refractivity contribution in [1.29, 1.82) is 0 Å². The summed E-state index contributed by atoms with van der Waals surface area (Å²) in [4.78, 5) is 37.9. The molecule has 0 radical (unpaired) electrons. The predicted octanol–water partition coefficient (Wildman–Crippen LogP) is 2.25. The number of hydrogen-bond donors (Lipinski definition) is 1. The Balaban J connectivity index is 1.55. The molecule has 0 aromatic heterocycles. The number of carbonyl (C=O) groups is 3. The number of rotatable bonds is 2. The summed E-state index contributed by atoms with van der Waals surface area (Å²) in [6.45, 7) is 0.731. The molecule has 3 rings (SSSR count). The molecule has 21 heavy (non-hydrogen) atoms. The molecule has 0 atom stereocenters. The van der Waals surface area contributed by atoms with Crippen LogP contribution in [-0.4, -0.2) is 51.9 Å². The molecule has 0 spiro atoms. The van der Waals surface area contributed by atoms with Crippen LogP contribution in [0.4, 0.5) is 15.3 Å². The van der Waals surface area contributed by atoms with E-state index >= 15 is 0 Å². The average Bonchev–Trinajstić information content (AvgIpc) is 2.69. The largest absolute Gasteiger partial charge is 0.321 e. The van der Waals surface area contributed by atoms with Gasteiger partial charge in [0.05, 0.1) is 11.8 Å². The van der Waals surface area contributed by atoms with Crippen molar-refractivity contribution in [2.75, 3.05) is 24.2 Å². The Morgan fingerprint density at radius 1 is 1.33 bits per heavy atom. The number of carbonyl (C=O) groups excluding carboxylic acids is 3. The molecule has 1 N–H and O–H groups in total. The van der Waals surface area contributed by atoms with E-state index < -0.39 is 0 Å².